The van der Waals surface area contributed by atoms with E-state index in [2.05, 4.69) is 92.1 Å². The third kappa shape index (κ3) is 44.1. The number of allylic oxidation sites excluding steroid dienone is 14. The Hall–Kier alpha value is -2.81. The van der Waals surface area contributed by atoms with Gasteiger partial charge in [0.2, 0.25) is 5.91 Å². The van der Waals surface area contributed by atoms with Crippen LogP contribution in [-0.4, -0.2) is 54.3 Å². The standard InChI is InChI=1S/C47H80NO8P/c1-3-5-7-9-11-13-15-17-19-21-22-24-26-28-30-32-34-36-38-40-47(51)54-43-45(49)44-56-57(52,53)55-42-41-48-46(50)39-37-35-33-31-29-27-25-23-20-18-16-14-12-10-8-6-4-2/h5,7,11,13,17-20,22,24,28,30,34,36,45,49H,3-4,6,8-10,12,14-16,21,23,25-27,29,31-33,35,37-44H2,1-2H3,(H,48,50)(H,52,53)/b7-5-,13-11-,19-17-,20-18-,24-22-,30-28-,36-34-. The molecule has 0 saturated carbocycles. The summed E-state index contributed by atoms with van der Waals surface area (Å²) in [5, 5.41) is 12.7. The molecule has 0 bridgehead atoms. The van der Waals surface area contributed by atoms with E-state index in [0.29, 0.717) is 12.8 Å². The van der Waals surface area contributed by atoms with Crippen LogP contribution in [-0.2, 0) is 27.9 Å². The quantitative estimate of drug-likeness (QED) is 0.0241. The summed E-state index contributed by atoms with van der Waals surface area (Å²) < 4.78 is 26.8. The smallest absolute Gasteiger partial charge is 0.463 e. The van der Waals surface area contributed by atoms with E-state index < -0.39 is 26.5 Å². The second-order valence-electron chi connectivity index (χ2n) is 14.3. The Morgan fingerprint density at radius 1 is 0.561 bits per heavy atom. The van der Waals surface area contributed by atoms with E-state index in [4.69, 9.17) is 13.8 Å². The van der Waals surface area contributed by atoms with E-state index >= 15 is 0 Å². The van der Waals surface area contributed by atoms with E-state index in [1.165, 1.54) is 77.0 Å². The molecular formula is C47H80NO8P. The Kier molecular flexibility index (Phi) is 40.7. The highest BCUT2D eigenvalue weighted by atomic mass is 31.2. The molecule has 0 rings (SSSR count). The fourth-order valence-corrected chi connectivity index (χ4v) is 6.27. The zero-order valence-corrected chi connectivity index (χ0v) is 36.6. The Balaban J connectivity index is 3.72. The van der Waals surface area contributed by atoms with Crippen molar-refractivity contribution >= 4 is 19.7 Å². The van der Waals surface area contributed by atoms with Crippen molar-refractivity contribution < 1.29 is 37.9 Å². The van der Waals surface area contributed by atoms with Gasteiger partial charge in [-0.05, 0) is 77.0 Å². The molecule has 10 heteroatoms. The van der Waals surface area contributed by atoms with Crippen LogP contribution >= 0.6 is 7.82 Å². The molecule has 0 spiro atoms. The maximum Gasteiger partial charge on any atom is 0.472 e. The lowest BCUT2D eigenvalue weighted by molar-refractivity contribution is -0.147. The number of carbonyl (C=O) groups is 2. The Labute approximate surface area is 347 Å². The molecule has 9 nitrogen and oxygen atoms in total. The van der Waals surface area contributed by atoms with Crippen molar-refractivity contribution in [2.45, 2.75) is 174 Å². The van der Waals surface area contributed by atoms with Gasteiger partial charge in [-0.3, -0.25) is 18.6 Å². The molecule has 1 amide bonds. The average Bonchev–Trinajstić information content (AvgIpc) is 3.20. The molecule has 2 atom stereocenters. The number of phosphoric acid groups is 1. The minimum absolute atomic E-state index is 0.0665. The number of nitrogens with one attached hydrogen (secondary N) is 1. The van der Waals surface area contributed by atoms with Gasteiger partial charge < -0.3 is 20.1 Å². The molecule has 0 aliphatic heterocycles. The summed E-state index contributed by atoms with van der Waals surface area (Å²) in [6.07, 6.45) is 53.8. The number of esters is 1. The first kappa shape index (κ1) is 54.2. The van der Waals surface area contributed by atoms with Gasteiger partial charge in [0.25, 0.3) is 0 Å². The first-order valence-corrected chi connectivity index (χ1v) is 23.6. The zero-order chi connectivity index (χ0) is 41.8. The lowest BCUT2D eigenvalue weighted by Crippen LogP contribution is -2.27. The monoisotopic (exact) mass is 818 g/mol. The molecule has 326 valence electrons. The summed E-state index contributed by atoms with van der Waals surface area (Å²) in [6, 6.07) is 0. The van der Waals surface area contributed by atoms with Crippen molar-refractivity contribution in [3.63, 3.8) is 0 Å². The minimum Gasteiger partial charge on any atom is -0.463 e. The van der Waals surface area contributed by atoms with Gasteiger partial charge in [-0.1, -0.05) is 163 Å². The predicted molar refractivity (Wildman–Crippen MR) is 238 cm³/mol. The largest absolute Gasteiger partial charge is 0.472 e. The van der Waals surface area contributed by atoms with Gasteiger partial charge in [0.1, 0.15) is 12.7 Å². The molecule has 0 aliphatic rings. The Bertz CT molecular complexity index is 1210. The number of amides is 1. The molecule has 0 aromatic heterocycles. The van der Waals surface area contributed by atoms with Crippen molar-refractivity contribution in [2.75, 3.05) is 26.4 Å². The van der Waals surface area contributed by atoms with Crippen molar-refractivity contribution in [2.24, 2.45) is 0 Å². The van der Waals surface area contributed by atoms with Crippen LogP contribution in [0, 0.1) is 0 Å². The number of phosphoric ester groups is 1. The van der Waals surface area contributed by atoms with Crippen LogP contribution in [0.5, 0.6) is 0 Å². The molecule has 0 aliphatic carbocycles. The van der Waals surface area contributed by atoms with Crippen LogP contribution in [0.1, 0.15) is 168 Å². The second-order valence-corrected chi connectivity index (χ2v) is 15.7. The van der Waals surface area contributed by atoms with Gasteiger partial charge in [-0.25, -0.2) is 4.57 Å². The van der Waals surface area contributed by atoms with Crippen LogP contribution in [0.3, 0.4) is 0 Å². The predicted octanol–water partition coefficient (Wildman–Crippen LogP) is 12.4. The summed E-state index contributed by atoms with van der Waals surface area (Å²) in [4.78, 5) is 33.9. The summed E-state index contributed by atoms with van der Waals surface area (Å²) in [5.41, 5.74) is 0. The van der Waals surface area contributed by atoms with Crippen LogP contribution in [0.25, 0.3) is 0 Å². The van der Waals surface area contributed by atoms with Gasteiger partial charge >= 0.3 is 13.8 Å². The summed E-state index contributed by atoms with van der Waals surface area (Å²) >= 11 is 0. The molecule has 3 N–H and O–H groups in total. The molecule has 0 saturated heterocycles. The maximum absolute atomic E-state index is 12.1. The average molecular weight is 818 g/mol. The van der Waals surface area contributed by atoms with Crippen LogP contribution in [0.4, 0.5) is 0 Å². The number of ether oxygens (including phenoxy) is 1. The third-order valence-electron chi connectivity index (χ3n) is 8.82. The number of hydrogen-bond donors (Lipinski definition) is 3. The van der Waals surface area contributed by atoms with Crippen LogP contribution in [0.2, 0.25) is 0 Å². The van der Waals surface area contributed by atoms with Gasteiger partial charge in [-0.15, -0.1) is 0 Å². The molecule has 0 fully saturated rings. The first-order chi connectivity index (χ1) is 27.8. The van der Waals surface area contributed by atoms with E-state index in [-0.39, 0.29) is 32.1 Å². The molecule has 0 radical (unpaired) electrons. The topological polar surface area (TPSA) is 131 Å². The number of aliphatic hydroxyl groups excluding tert-OH is 1. The van der Waals surface area contributed by atoms with Crippen LogP contribution < -0.4 is 5.32 Å². The lowest BCUT2D eigenvalue weighted by Gasteiger charge is -2.15. The van der Waals surface area contributed by atoms with Crippen molar-refractivity contribution in [1.29, 1.82) is 0 Å². The number of carbonyl (C=O) groups excluding carboxylic acids is 2. The van der Waals surface area contributed by atoms with Crippen molar-refractivity contribution in [3.05, 3.63) is 85.1 Å². The molecule has 0 aromatic carbocycles. The Morgan fingerprint density at radius 3 is 1.54 bits per heavy atom. The zero-order valence-electron chi connectivity index (χ0n) is 35.8. The first-order valence-electron chi connectivity index (χ1n) is 22.1. The van der Waals surface area contributed by atoms with E-state index in [1.54, 1.807) is 0 Å². The van der Waals surface area contributed by atoms with Crippen molar-refractivity contribution in [1.82, 2.24) is 5.32 Å². The van der Waals surface area contributed by atoms with Gasteiger partial charge in [0.05, 0.1) is 13.2 Å². The second kappa shape index (κ2) is 42.8. The van der Waals surface area contributed by atoms with Gasteiger partial charge in [-0.2, -0.15) is 0 Å². The molecular weight excluding hydrogens is 737 g/mol. The fourth-order valence-electron chi connectivity index (χ4n) is 5.52. The molecule has 0 aromatic rings. The van der Waals surface area contributed by atoms with Gasteiger partial charge in [0, 0.05) is 19.4 Å². The van der Waals surface area contributed by atoms with E-state index in [9.17, 15) is 24.2 Å². The summed E-state index contributed by atoms with van der Waals surface area (Å²) in [6.45, 7) is 3.33. The molecule has 0 heterocycles. The molecule has 2 unspecified atom stereocenters. The minimum atomic E-state index is -4.44. The highest BCUT2D eigenvalue weighted by molar-refractivity contribution is 7.47. The fraction of sp³-hybridized carbons (Fsp3) is 0.660. The highest BCUT2D eigenvalue weighted by Crippen LogP contribution is 2.42. The third-order valence-corrected chi connectivity index (χ3v) is 9.81. The van der Waals surface area contributed by atoms with Crippen LogP contribution in [0.15, 0.2) is 85.1 Å². The Morgan fingerprint density at radius 2 is 1.02 bits per heavy atom. The van der Waals surface area contributed by atoms with E-state index in [0.717, 1.165) is 57.8 Å². The molecule has 57 heavy (non-hydrogen) atoms. The van der Waals surface area contributed by atoms with Gasteiger partial charge in [0.15, 0.2) is 0 Å². The number of rotatable bonds is 40. The van der Waals surface area contributed by atoms with Crippen molar-refractivity contribution in [3.8, 4) is 0 Å². The number of hydrogen-bond acceptors (Lipinski definition) is 7. The number of unbranched alkanes of at least 4 members (excludes halogenated alkanes) is 13. The summed E-state index contributed by atoms with van der Waals surface area (Å²) in [5.74, 6) is -0.612. The number of aliphatic hydroxyl groups is 1. The SMILES string of the molecule is CC/C=C\C/C=C\C/C=C\C/C=C\C/C=C\C/C=C\CCC(=O)OCC(O)COP(=O)(O)OCCNC(=O)CCCCCCCCC/C=C\CCCCCCCC. The normalized spacial score (nSPS) is 14.1. The van der Waals surface area contributed by atoms with E-state index in [1.807, 2.05) is 12.2 Å². The highest BCUT2D eigenvalue weighted by Gasteiger charge is 2.23. The lowest BCUT2D eigenvalue weighted by atomic mass is 10.1. The summed E-state index contributed by atoms with van der Waals surface area (Å²) in [7, 11) is -4.44. The maximum atomic E-state index is 12.1.